The first-order valence-electron chi connectivity index (χ1n) is 9.25. The molecule has 4 rings (SSSR count). The minimum absolute atomic E-state index is 0.109. The quantitative estimate of drug-likeness (QED) is 0.201. The highest BCUT2D eigenvalue weighted by molar-refractivity contribution is 7.22. The third kappa shape index (κ3) is 4.81. The lowest BCUT2D eigenvalue weighted by atomic mass is 10.1. The predicted molar refractivity (Wildman–Crippen MR) is 119 cm³/mol. The van der Waals surface area contributed by atoms with Crippen LogP contribution < -0.4 is 5.01 Å². The van der Waals surface area contributed by atoms with E-state index in [1.165, 1.54) is 12.1 Å². The molecule has 35 heavy (non-hydrogen) atoms. The number of hydrogen-bond acceptors (Lipinski definition) is 11. The smallest absolute Gasteiger partial charge is 0.400 e. The highest BCUT2D eigenvalue weighted by atomic mass is 32.1. The molecule has 0 N–H and O–H groups in total. The number of carbonyl (C=O) groups is 1. The number of anilines is 1. The normalized spacial score (nSPS) is 11.1. The fraction of sp³-hybridized carbons (Fsp3) is 0. The fourth-order valence-electron chi connectivity index (χ4n) is 2.84. The van der Waals surface area contributed by atoms with E-state index in [1.807, 2.05) is 0 Å². The molecule has 0 fully saturated rings. The van der Waals surface area contributed by atoms with E-state index in [-0.39, 0.29) is 10.9 Å². The standard InChI is InChI=1S/C19H9FN6O8S/c20-11-1-3-15-16(7-11)35-19(22-15)23(21-9-14-2-4-17(34-14)26(32)33)18(27)10-5-12(24(28)29)8-13(6-10)25(30)31/h1-9H/b21-9+. The predicted octanol–water partition coefficient (Wildman–Crippen LogP) is 4.43. The highest BCUT2D eigenvalue weighted by Crippen LogP contribution is 2.32. The highest BCUT2D eigenvalue weighted by Gasteiger charge is 2.26. The van der Waals surface area contributed by atoms with Gasteiger partial charge in [-0.3, -0.25) is 35.1 Å². The number of thiazole rings is 1. The van der Waals surface area contributed by atoms with Crippen LogP contribution in [0, 0.1) is 36.2 Å². The summed E-state index contributed by atoms with van der Waals surface area (Å²) in [7, 11) is 0. The zero-order chi connectivity index (χ0) is 25.3. The molecule has 2 aromatic carbocycles. The molecule has 0 saturated carbocycles. The van der Waals surface area contributed by atoms with Gasteiger partial charge >= 0.3 is 5.88 Å². The van der Waals surface area contributed by atoms with Crippen LogP contribution in [0.5, 0.6) is 0 Å². The van der Waals surface area contributed by atoms with Gasteiger partial charge in [-0.15, -0.1) is 0 Å². The molecule has 16 heteroatoms. The number of halogens is 1. The Labute approximate surface area is 196 Å². The van der Waals surface area contributed by atoms with Crippen molar-refractivity contribution in [2.45, 2.75) is 0 Å². The molecule has 14 nitrogen and oxygen atoms in total. The molecule has 0 aliphatic carbocycles. The van der Waals surface area contributed by atoms with E-state index in [9.17, 15) is 39.5 Å². The van der Waals surface area contributed by atoms with Crippen LogP contribution in [0.2, 0.25) is 0 Å². The van der Waals surface area contributed by atoms with Crippen LogP contribution in [0.4, 0.5) is 26.8 Å². The summed E-state index contributed by atoms with van der Waals surface area (Å²) >= 11 is 0.842. The van der Waals surface area contributed by atoms with Crippen LogP contribution in [0.25, 0.3) is 10.2 Å². The number of hydrogen-bond donors (Lipinski definition) is 0. The first kappa shape index (κ1) is 23.1. The number of furan rings is 1. The monoisotopic (exact) mass is 500 g/mol. The van der Waals surface area contributed by atoms with Crippen LogP contribution in [-0.4, -0.2) is 31.9 Å². The minimum atomic E-state index is -1.05. The van der Waals surface area contributed by atoms with Gasteiger partial charge in [0.1, 0.15) is 10.7 Å². The summed E-state index contributed by atoms with van der Waals surface area (Å²) in [5.74, 6) is -2.32. The number of carbonyl (C=O) groups excluding carboxylic acids is 1. The van der Waals surface area contributed by atoms with Crippen molar-refractivity contribution in [3.8, 4) is 0 Å². The van der Waals surface area contributed by atoms with Crippen molar-refractivity contribution in [3.05, 3.63) is 96.0 Å². The van der Waals surface area contributed by atoms with Crippen LogP contribution in [-0.2, 0) is 0 Å². The van der Waals surface area contributed by atoms with Crippen molar-refractivity contribution in [1.82, 2.24) is 4.98 Å². The molecule has 2 aromatic heterocycles. The molecule has 0 bridgehead atoms. The lowest BCUT2D eigenvalue weighted by Crippen LogP contribution is -2.25. The number of rotatable bonds is 7. The molecule has 2 heterocycles. The van der Waals surface area contributed by atoms with Gasteiger partial charge in [-0.1, -0.05) is 11.3 Å². The topological polar surface area (TPSA) is 188 Å². The Morgan fingerprint density at radius 1 is 1.00 bits per heavy atom. The van der Waals surface area contributed by atoms with Gasteiger partial charge in [-0.2, -0.15) is 10.1 Å². The number of aromatic nitrogens is 1. The number of nitro benzene ring substituents is 2. The fourth-order valence-corrected chi connectivity index (χ4v) is 3.79. The summed E-state index contributed by atoms with van der Waals surface area (Å²) in [6.07, 6.45) is 0.948. The molecular weight excluding hydrogens is 491 g/mol. The van der Waals surface area contributed by atoms with Crippen LogP contribution in [0.3, 0.4) is 0 Å². The molecule has 0 spiro atoms. The van der Waals surface area contributed by atoms with Crippen molar-refractivity contribution in [2.75, 3.05) is 5.01 Å². The number of non-ortho nitro benzene ring substituents is 2. The molecule has 0 saturated heterocycles. The zero-order valence-corrected chi connectivity index (χ0v) is 17.7. The Morgan fingerprint density at radius 3 is 2.29 bits per heavy atom. The van der Waals surface area contributed by atoms with Crippen molar-refractivity contribution < 1.29 is 28.4 Å². The molecule has 0 atom stereocenters. The number of amides is 1. The summed E-state index contributed by atoms with van der Waals surface area (Å²) < 4.78 is 18.9. The van der Waals surface area contributed by atoms with E-state index in [4.69, 9.17) is 4.42 Å². The molecule has 0 radical (unpaired) electrons. The minimum Gasteiger partial charge on any atom is -0.400 e. The van der Waals surface area contributed by atoms with Gasteiger partial charge in [0.25, 0.3) is 17.3 Å². The Balaban J connectivity index is 1.82. The maximum Gasteiger partial charge on any atom is 0.433 e. The van der Waals surface area contributed by atoms with E-state index in [1.54, 1.807) is 0 Å². The average molecular weight is 500 g/mol. The van der Waals surface area contributed by atoms with E-state index < -0.39 is 49.3 Å². The summed E-state index contributed by atoms with van der Waals surface area (Å²) in [5, 5.41) is 37.8. The molecule has 0 unspecified atom stereocenters. The third-order valence-corrected chi connectivity index (χ3v) is 5.37. The molecule has 0 aliphatic heterocycles. The maximum atomic E-state index is 13.6. The van der Waals surface area contributed by atoms with Gasteiger partial charge in [0.05, 0.1) is 44.0 Å². The Morgan fingerprint density at radius 2 is 1.69 bits per heavy atom. The zero-order valence-electron chi connectivity index (χ0n) is 16.9. The number of benzene rings is 2. The average Bonchev–Trinajstić information content (AvgIpc) is 3.45. The van der Waals surface area contributed by atoms with E-state index >= 15 is 0 Å². The Bertz CT molecular complexity index is 1520. The van der Waals surface area contributed by atoms with Crippen molar-refractivity contribution >= 4 is 56.1 Å². The number of nitrogens with zero attached hydrogens (tertiary/aromatic N) is 6. The third-order valence-electron chi connectivity index (χ3n) is 4.38. The number of fused-ring (bicyclic) bond motifs is 1. The summed E-state index contributed by atoms with van der Waals surface area (Å²) in [6.45, 7) is 0. The lowest BCUT2D eigenvalue weighted by molar-refractivity contribution is -0.402. The second kappa shape index (κ2) is 9.02. The SMILES string of the molecule is O=C(c1cc([N+](=O)[O-])cc([N+](=O)[O-])c1)N(/N=C/c1ccc([N+](=O)[O-])o1)c1nc2ccc(F)cc2s1. The Hall–Kier alpha value is -5.12. The molecular formula is C19H9FN6O8S. The van der Waals surface area contributed by atoms with Crippen LogP contribution in [0.15, 0.2) is 58.0 Å². The molecule has 176 valence electrons. The maximum absolute atomic E-state index is 13.6. The van der Waals surface area contributed by atoms with E-state index in [0.717, 1.165) is 47.9 Å². The first-order chi connectivity index (χ1) is 16.6. The van der Waals surface area contributed by atoms with E-state index in [2.05, 4.69) is 10.1 Å². The summed E-state index contributed by atoms with van der Waals surface area (Å²) in [6, 6.07) is 8.25. The lowest BCUT2D eigenvalue weighted by Gasteiger charge is -2.13. The van der Waals surface area contributed by atoms with Gasteiger partial charge in [0, 0.05) is 12.1 Å². The number of hydrazone groups is 1. The molecule has 1 amide bonds. The molecule has 0 aliphatic rings. The van der Waals surface area contributed by atoms with Crippen LogP contribution in [0.1, 0.15) is 16.1 Å². The van der Waals surface area contributed by atoms with Crippen molar-refractivity contribution in [1.29, 1.82) is 0 Å². The summed E-state index contributed by atoms with van der Waals surface area (Å²) in [4.78, 5) is 48.2. The van der Waals surface area contributed by atoms with Gasteiger partial charge in [0.15, 0.2) is 5.76 Å². The first-order valence-corrected chi connectivity index (χ1v) is 10.1. The number of nitro groups is 3. The van der Waals surface area contributed by atoms with Gasteiger partial charge in [-0.25, -0.2) is 9.37 Å². The summed E-state index contributed by atoms with van der Waals surface area (Å²) in [5.41, 5.74) is -1.57. The van der Waals surface area contributed by atoms with Crippen molar-refractivity contribution in [2.24, 2.45) is 5.10 Å². The van der Waals surface area contributed by atoms with Crippen LogP contribution >= 0.6 is 11.3 Å². The van der Waals surface area contributed by atoms with E-state index in [0.29, 0.717) is 21.3 Å². The second-order valence-corrected chi connectivity index (χ2v) is 7.66. The largest absolute Gasteiger partial charge is 0.433 e. The van der Waals surface area contributed by atoms with Crippen molar-refractivity contribution in [3.63, 3.8) is 0 Å². The van der Waals surface area contributed by atoms with Gasteiger partial charge < -0.3 is 4.42 Å². The Kier molecular flexibility index (Phi) is 5.94. The van der Waals surface area contributed by atoms with Gasteiger partial charge in [-0.05, 0) is 24.3 Å². The van der Waals surface area contributed by atoms with Gasteiger partial charge in [0.2, 0.25) is 5.13 Å². The molecule has 4 aromatic rings. The second-order valence-electron chi connectivity index (χ2n) is 6.66.